The smallest absolute Gasteiger partial charge is 0.261 e. The normalized spacial score (nSPS) is 13.1. The Bertz CT molecular complexity index is 1150. The van der Waals surface area contributed by atoms with Gasteiger partial charge in [-0.3, -0.25) is 9.52 Å². The summed E-state index contributed by atoms with van der Waals surface area (Å²) in [6.07, 6.45) is 3.13. The Hall–Kier alpha value is -2.78. The third kappa shape index (κ3) is 4.36. The highest BCUT2D eigenvalue weighted by Gasteiger charge is 2.20. The van der Waals surface area contributed by atoms with Crippen LogP contribution in [-0.4, -0.2) is 29.6 Å². The highest BCUT2D eigenvalue weighted by molar-refractivity contribution is 7.99. The number of nitrogens with one attached hydrogen (secondary N) is 2. The zero-order valence-corrected chi connectivity index (χ0v) is 18.1. The summed E-state index contributed by atoms with van der Waals surface area (Å²) >= 11 is 1.69. The molecule has 9 heteroatoms. The topological polar surface area (TPSA) is 93.1 Å². The summed E-state index contributed by atoms with van der Waals surface area (Å²) in [5.74, 6) is 0.913. The molecule has 0 atom stereocenters. The molecule has 0 bridgehead atoms. The lowest BCUT2D eigenvalue weighted by molar-refractivity contribution is -0.116. The molecule has 0 radical (unpaired) electrons. The lowest BCUT2D eigenvalue weighted by atomic mass is 10.1. The van der Waals surface area contributed by atoms with Gasteiger partial charge in [-0.25, -0.2) is 13.4 Å². The van der Waals surface area contributed by atoms with Crippen LogP contribution in [0.3, 0.4) is 0 Å². The standard InChI is InChI=1S/C21H22N4O3S2/c1-2-5-20(26)22-15-8-10-16(11-9-15)30(27,28)24-18-7-4-3-6-17(18)19-14-25-12-13-29-21(25)23-19/h3-4,6-11,14,24H,2,5,12-13H2,1H3,(H,22,26). The van der Waals surface area contributed by atoms with E-state index >= 15 is 0 Å². The molecule has 1 aliphatic rings. The fourth-order valence-corrected chi connectivity index (χ4v) is 5.23. The number of amides is 1. The second kappa shape index (κ2) is 8.53. The third-order valence-corrected chi connectivity index (χ3v) is 7.03. The molecule has 0 spiro atoms. The minimum absolute atomic E-state index is 0.0923. The van der Waals surface area contributed by atoms with Crippen molar-refractivity contribution in [2.75, 3.05) is 15.8 Å². The molecule has 4 rings (SSSR count). The molecule has 1 aliphatic heterocycles. The Morgan fingerprint density at radius 3 is 2.67 bits per heavy atom. The van der Waals surface area contributed by atoms with Crippen molar-refractivity contribution in [3.8, 4) is 11.3 Å². The second-order valence-corrected chi connectivity index (χ2v) is 9.67. The number of carbonyl (C=O) groups excluding carboxylic acids is 1. The summed E-state index contributed by atoms with van der Waals surface area (Å²) < 4.78 is 30.6. The van der Waals surface area contributed by atoms with Crippen molar-refractivity contribution in [3.05, 3.63) is 54.7 Å². The first-order valence-electron chi connectivity index (χ1n) is 9.68. The molecule has 1 aromatic heterocycles. The van der Waals surface area contributed by atoms with E-state index in [2.05, 4.69) is 19.6 Å². The fourth-order valence-electron chi connectivity index (χ4n) is 3.21. The van der Waals surface area contributed by atoms with Gasteiger partial charge in [-0.2, -0.15) is 0 Å². The van der Waals surface area contributed by atoms with Gasteiger partial charge in [0.2, 0.25) is 5.91 Å². The Balaban J connectivity index is 1.56. The summed E-state index contributed by atoms with van der Waals surface area (Å²) in [6.45, 7) is 2.83. The first-order chi connectivity index (χ1) is 14.5. The molecule has 0 unspecified atom stereocenters. The number of rotatable bonds is 7. The summed E-state index contributed by atoms with van der Waals surface area (Å²) in [5, 5.41) is 3.70. The van der Waals surface area contributed by atoms with E-state index in [0.29, 0.717) is 17.8 Å². The van der Waals surface area contributed by atoms with Crippen LogP contribution in [0.5, 0.6) is 0 Å². The number of fused-ring (bicyclic) bond motifs is 1. The molecule has 0 aliphatic carbocycles. The number of imidazole rings is 1. The van der Waals surface area contributed by atoms with Crippen LogP contribution in [0, 0.1) is 0 Å². The third-order valence-electron chi connectivity index (χ3n) is 4.68. The summed E-state index contributed by atoms with van der Waals surface area (Å²) in [4.78, 5) is 16.5. The lowest BCUT2D eigenvalue weighted by Crippen LogP contribution is -2.14. The zero-order valence-electron chi connectivity index (χ0n) is 16.5. The van der Waals surface area contributed by atoms with Crippen LogP contribution in [0.25, 0.3) is 11.3 Å². The van der Waals surface area contributed by atoms with Crippen molar-refractivity contribution < 1.29 is 13.2 Å². The number of hydrogen-bond donors (Lipinski definition) is 2. The van der Waals surface area contributed by atoms with Crippen LogP contribution in [0.15, 0.2) is 64.8 Å². The van der Waals surface area contributed by atoms with E-state index in [9.17, 15) is 13.2 Å². The molecule has 2 N–H and O–H groups in total. The number of hydrogen-bond acceptors (Lipinski definition) is 5. The van der Waals surface area contributed by atoms with Crippen molar-refractivity contribution in [1.82, 2.24) is 9.55 Å². The Labute approximate surface area is 180 Å². The van der Waals surface area contributed by atoms with Gasteiger partial charge in [-0.1, -0.05) is 36.9 Å². The number of sulfonamides is 1. The number of aryl methyl sites for hydroxylation is 1. The average Bonchev–Trinajstić information content (AvgIpc) is 3.31. The average molecular weight is 443 g/mol. The van der Waals surface area contributed by atoms with E-state index in [1.165, 1.54) is 12.1 Å². The fraction of sp³-hybridized carbons (Fsp3) is 0.238. The van der Waals surface area contributed by atoms with Crippen molar-refractivity contribution in [1.29, 1.82) is 0 Å². The van der Waals surface area contributed by atoms with Crippen molar-refractivity contribution in [2.45, 2.75) is 36.4 Å². The maximum Gasteiger partial charge on any atom is 0.261 e. The van der Waals surface area contributed by atoms with E-state index in [0.717, 1.165) is 35.1 Å². The maximum atomic E-state index is 12.9. The minimum Gasteiger partial charge on any atom is -0.326 e. The van der Waals surface area contributed by atoms with Crippen molar-refractivity contribution in [3.63, 3.8) is 0 Å². The van der Waals surface area contributed by atoms with Crippen LogP contribution < -0.4 is 10.0 Å². The monoisotopic (exact) mass is 442 g/mol. The molecular weight excluding hydrogens is 420 g/mol. The highest BCUT2D eigenvalue weighted by atomic mass is 32.2. The molecule has 7 nitrogen and oxygen atoms in total. The van der Waals surface area contributed by atoms with Gasteiger partial charge in [0.05, 0.1) is 16.3 Å². The van der Waals surface area contributed by atoms with Gasteiger partial charge in [0.1, 0.15) is 0 Å². The van der Waals surface area contributed by atoms with E-state index in [1.54, 1.807) is 36.0 Å². The number of nitrogens with zero attached hydrogens (tertiary/aromatic N) is 2. The van der Waals surface area contributed by atoms with Gasteiger partial charge < -0.3 is 9.88 Å². The van der Waals surface area contributed by atoms with Crippen LogP contribution in [0.2, 0.25) is 0 Å². The molecule has 156 valence electrons. The Morgan fingerprint density at radius 1 is 1.17 bits per heavy atom. The summed E-state index contributed by atoms with van der Waals surface area (Å²) in [6, 6.07) is 13.4. The molecule has 1 amide bonds. The summed E-state index contributed by atoms with van der Waals surface area (Å²) in [7, 11) is -3.80. The van der Waals surface area contributed by atoms with E-state index in [-0.39, 0.29) is 10.8 Å². The maximum absolute atomic E-state index is 12.9. The lowest BCUT2D eigenvalue weighted by Gasteiger charge is -2.12. The molecule has 30 heavy (non-hydrogen) atoms. The molecule has 0 fully saturated rings. The minimum atomic E-state index is -3.80. The number of para-hydroxylation sites is 1. The molecule has 0 saturated heterocycles. The number of carbonyl (C=O) groups is 1. The van der Waals surface area contributed by atoms with Crippen LogP contribution in [0.4, 0.5) is 11.4 Å². The van der Waals surface area contributed by atoms with Crippen LogP contribution in [-0.2, 0) is 21.4 Å². The Morgan fingerprint density at radius 2 is 1.93 bits per heavy atom. The van der Waals surface area contributed by atoms with E-state index in [4.69, 9.17) is 0 Å². The molecule has 2 heterocycles. The Kier molecular flexibility index (Phi) is 5.83. The zero-order chi connectivity index (χ0) is 21.1. The first kappa shape index (κ1) is 20.5. The van der Waals surface area contributed by atoms with Gasteiger partial charge in [0.15, 0.2) is 5.16 Å². The molecule has 2 aromatic carbocycles. The predicted octanol–water partition coefficient (Wildman–Crippen LogP) is 4.20. The SMILES string of the molecule is CCCC(=O)Nc1ccc(S(=O)(=O)Nc2ccccc2-c2cn3c(n2)SCC3)cc1. The van der Waals surface area contributed by atoms with Gasteiger partial charge in [0, 0.05) is 36.2 Å². The van der Waals surface area contributed by atoms with Crippen LogP contribution >= 0.6 is 11.8 Å². The first-order valence-corrected chi connectivity index (χ1v) is 12.2. The van der Waals surface area contributed by atoms with Gasteiger partial charge in [-0.15, -0.1) is 0 Å². The second-order valence-electron chi connectivity index (χ2n) is 6.92. The van der Waals surface area contributed by atoms with Gasteiger partial charge >= 0.3 is 0 Å². The number of benzene rings is 2. The largest absolute Gasteiger partial charge is 0.326 e. The number of anilines is 2. The van der Waals surface area contributed by atoms with Crippen molar-refractivity contribution >= 4 is 39.1 Å². The predicted molar refractivity (Wildman–Crippen MR) is 119 cm³/mol. The summed E-state index contributed by atoms with van der Waals surface area (Å²) in [5.41, 5.74) is 2.51. The van der Waals surface area contributed by atoms with Gasteiger partial charge in [-0.05, 0) is 36.8 Å². The van der Waals surface area contributed by atoms with E-state index in [1.807, 2.05) is 25.3 Å². The van der Waals surface area contributed by atoms with Crippen molar-refractivity contribution in [2.24, 2.45) is 0 Å². The molecule has 0 saturated carbocycles. The quantitative estimate of drug-likeness (QED) is 0.572. The van der Waals surface area contributed by atoms with Crippen LogP contribution in [0.1, 0.15) is 19.8 Å². The molecule has 3 aromatic rings. The van der Waals surface area contributed by atoms with Gasteiger partial charge in [0.25, 0.3) is 10.0 Å². The molecular formula is C21H22N4O3S2. The number of aromatic nitrogens is 2. The number of thioether (sulfide) groups is 1. The highest BCUT2D eigenvalue weighted by Crippen LogP contribution is 2.33. The van der Waals surface area contributed by atoms with E-state index < -0.39 is 10.0 Å².